The van der Waals surface area contributed by atoms with Crippen LogP contribution in [0.4, 0.5) is 0 Å². The summed E-state index contributed by atoms with van der Waals surface area (Å²) in [6.45, 7) is 0.0695. The Labute approximate surface area is 125 Å². The third-order valence-electron chi connectivity index (χ3n) is 2.47. The van der Waals surface area contributed by atoms with E-state index in [-0.39, 0.29) is 6.61 Å². The molecule has 0 amide bonds. The molecule has 2 nitrogen and oxygen atoms in total. The Morgan fingerprint density at radius 3 is 2.42 bits per heavy atom. The number of carbonyl (C=O) groups is 1. The normalized spacial score (nSPS) is 10.3. The number of ether oxygens (including phenoxy) is 1. The number of rotatable bonds is 3. The van der Waals surface area contributed by atoms with Gasteiger partial charge in [0.1, 0.15) is 6.61 Å². The highest BCUT2D eigenvalue weighted by Gasteiger charge is 2.12. The van der Waals surface area contributed by atoms with Crippen molar-refractivity contribution < 1.29 is 9.53 Å². The summed E-state index contributed by atoms with van der Waals surface area (Å²) in [7, 11) is 0. The van der Waals surface area contributed by atoms with Crippen molar-refractivity contribution >= 4 is 40.8 Å². The van der Waals surface area contributed by atoms with Crippen LogP contribution in [-0.4, -0.2) is 5.97 Å². The Morgan fingerprint density at radius 1 is 1.00 bits per heavy atom. The quantitative estimate of drug-likeness (QED) is 0.745. The lowest BCUT2D eigenvalue weighted by Gasteiger charge is -2.07. The number of carbonyl (C=O) groups excluding carboxylic acids is 1. The van der Waals surface area contributed by atoms with E-state index in [9.17, 15) is 4.79 Å². The van der Waals surface area contributed by atoms with Crippen molar-refractivity contribution in [2.75, 3.05) is 0 Å². The molecule has 0 aromatic heterocycles. The van der Waals surface area contributed by atoms with Gasteiger partial charge in [0.05, 0.1) is 10.6 Å². The summed E-state index contributed by atoms with van der Waals surface area (Å²) in [6, 6.07) is 11.7. The summed E-state index contributed by atoms with van der Waals surface area (Å²) < 4.78 is 5.16. The molecule has 0 aliphatic rings. The second-order valence-electron chi connectivity index (χ2n) is 3.79. The van der Waals surface area contributed by atoms with Gasteiger partial charge in [0, 0.05) is 15.6 Å². The predicted molar refractivity (Wildman–Crippen MR) is 77.0 cm³/mol. The minimum atomic E-state index is -0.489. The average molecular weight is 316 g/mol. The molecule has 0 aliphatic heterocycles. The summed E-state index contributed by atoms with van der Waals surface area (Å²) in [5.41, 5.74) is 1.01. The molecule has 0 spiro atoms. The van der Waals surface area contributed by atoms with E-state index in [0.29, 0.717) is 26.2 Å². The lowest BCUT2D eigenvalue weighted by atomic mass is 10.2. The van der Waals surface area contributed by atoms with Crippen molar-refractivity contribution in [3.63, 3.8) is 0 Å². The largest absolute Gasteiger partial charge is 0.457 e. The van der Waals surface area contributed by atoms with E-state index in [2.05, 4.69) is 0 Å². The fraction of sp³-hybridized carbons (Fsp3) is 0.0714. The first kappa shape index (κ1) is 14.2. The first-order valence-electron chi connectivity index (χ1n) is 5.43. The van der Waals surface area contributed by atoms with Crippen LogP contribution in [0.25, 0.3) is 0 Å². The van der Waals surface area contributed by atoms with Crippen LogP contribution in [-0.2, 0) is 11.3 Å². The maximum absolute atomic E-state index is 11.8. The third-order valence-corrected chi connectivity index (χ3v) is 3.38. The third kappa shape index (κ3) is 3.63. The standard InChI is InChI=1S/C14H9Cl3O2/c15-10-6-5-9(13(17)7-10)8-19-14(18)11-3-1-2-4-12(11)16/h1-7H,8H2. The van der Waals surface area contributed by atoms with Gasteiger partial charge in [0.15, 0.2) is 0 Å². The smallest absolute Gasteiger partial charge is 0.339 e. The monoisotopic (exact) mass is 314 g/mol. The van der Waals surface area contributed by atoms with Crippen LogP contribution < -0.4 is 0 Å². The lowest BCUT2D eigenvalue weighted by Crippen LogP contribution is -2.06. The Morgan fingerprint density at radius 2 is 1.74 bits per heavy atom. The molecule has 98 valence electrons. The second kappa shape index (κ2) is 6.29. The van der Waals surface area contributed by atoms with Crippen LogP contribution in [0.3, 0.4) is 0 Å². The summed E-state index contributed by atoms with van der Waals surface area (Å²) in [4.78, 5) is 11.8. The molecule has 0 fully saturated rings. The van der Waals surface area contributed by atoms with Gasteiger partial charge in [0.25, 0.3) is 0 Å². The maximum atomic E-state index is 11.8. The summed E-state index contributed by atoms with van der Waals surface area (Å²) in [6.07, 6.45) is 0. The van der Waals surface area contributed by atoms with Crippen LogP contribution >= 0.6 is 34.8 Å². The summed E-state index contributed by atoms with van der Waals surface area (Å²) in [5, 5.41) is 1.35. The van der Waals surface area contributed by atoms with E-state index in [1.165, 1.54) is 0 Å². The molecule has 2 aromatic carbocycles. The molecule has 0 N–H and O–H groups in total. The van der Waals surface area contributed by atoms with Crippen LogP contribution in [0.2, 0.25) is 15.1 Å². The van der Waals surface area contributed by atoms with Crippen LogP contribution in [0.1, 0.15) is 15.9 Å². The van der Waals surface area contributed by atoms with E-state index < -0.39 is 5.97 Å². The Hall–Kier alpha value is -1.22. The van der Waals surface area contributed by atoms with Crippen molar-refractivity contribution in [3.05, 3.63) is 68.7 Å². The number of halogens is 3. The molecular formula is C14H9Cl3O2. The van der Waals surface area contributed by atoms with Gasteiger partial charge in [-0.1, -0.05) is 53.0 Å². The zero-order valence-corrected chi connectivity index (χ0v) is 12.0. The van der Waals surface area contributed by atoms with Gasteiger partial charge in [-0.15, -0.1) is 0 Å². The Balaban J connectivity index is 2.07. The molecule has 5 heteroatoms. The second-order valence-corrected chi connectivity index (χ2v) is 5.04. The van der Waals surface area contributed by atoms with Gasteiger partial charge in [-0.2, -0.15) is 0 Å². The number of esters is 1. The van der Waals surface area contributed by atoms with Gasteiger partial charge < -0.3 is 4.74 Å². The molecule has 0 saturated heterocycles. The van der Waals surface area contributed by atoms with Gasteiger partial charge in [-0.05, 0) is 24.3 Å². The molecule has 0 bridgehead atoms. The SMILES string of the molecule is O=C(OCc1ccc(Cl)cc1Cl)c1ccccc1Cl. The molecule has 0 aliphatic carbocycles. The Bertz CT molecular complexity index is 611. The highest BCUT2D eigenvalue weighted by molar-refractivity contribution is 6.35. The van der Waals surface area contributed by atoms with E-state index in [1.807, 2.05) is 0 Å². The van der Waals surface area contributed by atoms with E-state index >= 15 is 0 Å². The summed E-state index contributed by atoms with van der Waals surface area (Å²) >= 11 is 17.7. The zero-order valence-electron chi connectivity index (χ0n) is 9.70. The van der Waals surface area contributed by atoms with Crippen molar-refractivity contribution in [3.8, 4) is 0 Å². The van der Waals surface area contributed by atoms with Gasteiger partial charge in [-0.3, -0.25) is 0 Å². The van der Waals surface area contributed by atoms with Crippen molar-refractivity contribution in [2.24, 2.45) is 0 Å². The molecule has 0 atom stereocenters. The molecule has 19 heavy (non-hydrogen) atoms. The van der Waals surface area contributed by atoms with E-state index in [1.54, 1.807) is 42.5 Å². The van der Waals surface area contributed by atoms with E-state index in [0.717, 1.165) is 0 Å². The molecule has 2 aromatic rings. The first-order valence-corrected chi connectivity index (χ1v) is 6.57. The topological polar surface area (TPSA) is 26.3 Å². The molecule has 2 rings (SSSR count). The zero-order chi connectivity index (χ0) is 13.8. The van der Waals surface area contributed by atoms with Crippen molar-refractivity contribution in [2.45, 2.75) is 6.61 Å². The molecule has 0 unspecified atom stereocenters. The predicted octanol–water partition coefficient (Wildman–Crippen LogP) is 5.00. The van der Waals surface area contributed by atoms with Gasteiger partial charge in [0.2, 0.25) is 0 Å². The fourth-order valence-corrected chi connectivity index (χ4v) is 2.16. The number of benzene rings is 2. The maximum Gasteiger partial charge on any atom is 0.339 e. The van der Waals surface area contributed by atoms with Crippen LogP contribution in [0.5, 0.6) is 0 Å². The van der Waals surface area contributed by atoms with Crippen LogP contribution in [0, 0.1) is 0 Å². The van der Waals surface area contributed by atoms with Crippen LogP contribution in [0.15, 0.2) is 42.5 Å². The lowest BCUT2D eigenvalue weighted by molar-refractivity contribution is 0.0473. The highest BCUT2D eigenvalue weighted by Crippen LogP contribution is 2.22. The van der Waals surface area contributed by atoms with Crippen molar-refractivity contribution in [1.29, 1.82) is 0 Å². The average Bonchev–Trinajstić information content (AvgIpc) is 2.38. The Kier molecular flexibility index (Phi) is 4.70. The van der Waals surface area contributed by atoms with E-state index in [4.69, 9.17) is 39.5 Å². The fourth-order valence-electron chi connectivity index (χ4n) is 1.49. The minimum absolute atomic E-state index is 0.0695. The molecule has 0 radical (unpaired) electrons. The highest BCUT2D eigenvalue weighted by atomic mass is 35.5. The summed E-state index contributed by atoms with van der Waals surface area (Å²) in [5.74, 6) is -0.489. The minimum Gasteiger partial charge on any atom is -0.457 e. The molecular weight excluding hydrogens is 307 g/mol. The first-order chi connectivity index (χ1) is 9.08. The van der Waals surface area contributed by atoms with Gasteiger partial charge >= 0.3 is 5.97 Å². The molecule has 0 saturated carbocycles. The number of hydrogen-bond donors (Lipinski definition) is 0. The number of hydrogen-bond acceptors (Lipinski definition) is 2. The molecule has 0 heterocycles. The van der Waals surface area contributed by atoms with Gasteiger partial charge in [-0.25, -0.2) is 4.79 Å². The van der Waals surface area contributed by atoms with Crippen molar-refractivity contribution in [1.82, 2.24) is 0 Å².